The van der Waals surface area contributed by atoms with Gasteiger partial charge in [-0.05, 0) is 61.2 Å². The summed E-state index contributed by atoms with van der Waals surface area (Å²) in [5, 5.41) is 5.24. The Labute approximate surface area is 215 Å². The number of nitrogens with zero attached hydrogens (tertiary/aromatic N) is 2. The molecule has 0 radical (unpaired) electrons. The number of carbonyl (C=O) groups excluding carboxylic acids is 2. The number of aromatic nitrogens is 1. The maximum atomic E-state index is 14.2. The third-order valence-corrected chi connectivity index (χ3v) is 6.80. The van der Waals surface area contributed by atoms with E-state index in [1.54, 1.807) is 11.4 Å². The summed E-state index contributed by atoms with van der Waals surface area (Å²) in [5.41, 5.74) is 2.57. The lowest BCUT2D eigenvalue weighted by atomic mass is 9.85. The molecule has 1 atom stereocenters. The van der Waals surface area contributed by atoms with E-state index in [2.05, 4.69) is 10.3 Å². The molecule has 0 aliphatic carbocycles. The highest BCUT2D eigenvalue weighted by molar-refractivity contribution is 7.09. The molecule has 4 rings (SSSR count). The molecule has 3 aromatic rings. The van der Waals surface area contributed by atoms with Gasteiger partial charge in [-0.1, -0.05) is 39.0 Å². The van der Waals surface area contributed by atoms with Gasteiger partial charge in [0.2, 0.25) is 5.91 Å². The first-order valence-corrected chi connectivity index (χ1v) is 13.0. The number of amides is 2. The zero-order valence-electron chi connectivity index (χ0n) is 21.3. The van der Waals surface area contributed by atoms with Gasteiger partial charge in [-0.2, -0.15) is 0 Å². The Bertz CT molecular complexity index is 1260. The smallest absolute Gasteiger partial charge is 0.270 e. The molecule has 1 N–H and O–H groups in total. The summed E-state index contributed by atoms with van der Waals surface area (Å²) in [6.45, 7) is 10.3. The molecule has 36 heavy (non-hydrogen) atoms. The van der Waals surface area contributed by atoms with Crippen LogP contribution in [-0.4, -0.2) is 34.3 Å². The van der Waals surface area contributed by atoms with Gasteiger partial charge in [0.25, 0.3) is 5.91 Å². The summed E-state index contributed by atoms with van der Waals surface area (Å²) >= 11 is 1.37. The second-order valence-electron chi connectivity index (χ2n) is 10.4. The standard InChI is InChI=1S/C28H32FN3O3S/c1-17(2)30-26(33)23-16-36-24(31-23)15-35-21-10-9-18-11-12-32(27(34)28(3,4)5)25(22(18)14-21)19-7-6-8-20(29)13-19/h6-10,13-14,16-17,25H,11-12,15H2,1-5H3,(H,30,33)/t25-/m0/s1. The van der Waals surface area contributed by atoms with Crippen molar-refractivity contribution in [3.63, 3.8) is 0 Å². The number of halogens is 1. The van der Waals surface area contributed by atoms with Crippen LogP contribution in [0.15, 0.2) is 47.8 Å². The van der Waals surface area contributed by atoms with Gasteiger partial charge in [0.1, 0.15) is 28.9 Å². The Morgan fingerprint density at radius 3 is 2.69 bits per heavy atom. The van der Waals surface area contributed by atoms with Crippen molar-refractivity contribution >= 4 is 23.2 Å². The van der Waals surface area contributed by atoms with Crippen molar-refractivity contribution in [3.8, 4) is 5.75 Å². The summed E-state index contributed by atoms with van der Waals surface area (Å²) in [4.78, 5) is 31.8. The molecule has 2 aromatic carbocycles. The minimum absolute atomic E-state index is 0.0173. The van der Waals surface area contributed by atoms with Gasteiger partial charge in [0, 0.05) is 23.4 Å². The minimum atomic E-state index is -0.568. The second kappa shape index (κ2) is 10.4. The van der Waals surface area contributed by atoms with E-state index in [9.17, 15) is 14.0 Å². The highest BCUT2D eigenvalue weighted by Crippen LogP contribution is 2.39. The molecular weight excluding hydrogens is 477 g/mol. The summed E-state index contributed by atoms with van der Waals surface area (Å²) in [5.74, 6) is 0.103. The molecule has 1 aromatic heterocycles. The molecule has 8 heteroatoms. The minimum Gasteiger partial charge on any atom is -0.486 e. The molecule has 0 unspecified atom stereocenters. The second-order valence-corrected chi connectivity index (χ2v) is 11.3. The van der Waals surface area contributed by atoms with Crippen LogP contribution in [0.2, 0.25) is 0 Å². The van der Waals surface area contributed by atoms with Crippen LogP contribution in [-0.2, 0) is 17.8 Å². The van der Waals surface area contributed by atoms with Crippen LogP contribution in [0.4, 0.5) is 4.39 Å². The number of benzene rings is 2. The lowest BCUT2D eigenvalue weighted by Gasteiger charge is -2.41. The number of fused-ring (bicyclic) bond motifs is 1. The van der Waals surface area contributed by atoms with Gasteiger partial charge in [0.15, 0.2) is 0 Å². The zero-order valence-corrected chi connectivity index (χ0v) is 22.1. The Morgan fingerprint density at radius 1 is 1.22 bits per heavy atom. The predicted octanol–water partition coefficient (Wildman–Crippen LogP) is 5.52. The molecule has 190 valence electrons. The lowest BCUT2D eigenvalue weighted by molar-refractivity contribution is -0.141. The van der Waals surface area contributed by atoms with Crippen molar-refractivity contribution in [1.82, 2.24) is 15.2 Å². The van der Waals surface area contributed by atoms with Crippen molar-refractivity contribution < 1.29 is 18.7 Å². The van der Waals surface area contributed by atoms with Gasteiger partial charge in [-0.3, -0.25) is 9.59 Å². The normalized spacial score (nSPS) is 15.5. The van der Waals surface area contributed by atoms with E-state index in [1.807, 2.05) is 63.8 Å². The van der Waals surface area contributed by atoms with E-state index in [-0.39, 0.29) is 30.3 Å². The van der Waals surface area contributed by atoms with Crippen LogP contribution in [0.3, 0.4) is 0 Å². The number of hydrogen-bond acceptors (Lipinski definition) is 5. The van der Waals surface area contributed by atoms with Crippen LogP contribution < -0.4 is 10.1 Å². The first kappa shape index (κ1) is 25.8. The number of nitrogens with one attached hydrogen (secondary N) is 1. The number of carbonyl (C=O) groups is 2. The van der Waals surface area contributed by atoms with E-state index >= 15 is 0 Å². The Balaban J connectivity index is 1.61. The van der Waals surface area contributed by atoms with E-state index in [1.165, 1.54) is 23.5 Å². The molecular formula is C28H32FN3O3S. The fourth-order valence-corrected chi connectivity index (χ4v) is 5.02. The molecule has 0 fully saturated rings. The fraction of sp³-hybridized carbons (Fsp3) is 0.393. The van der Waals surface area contributed by atoms with Crippen LogP contribution >= 0.6 is 11.3 Å². The Hall–Kier alpha value is -3.26. The largest absolute Gasteiger partial charge is 0.486 e. The molecule has 0 bridgehead atoms. The summed E-state index contributed by atoms with van der Waals surface area (Å²) in [6, 6.07) is 11.9. The Morgan fingerprint density at radius 2 is 2.00 bits per heavy atom. The van der Waals surface area contributed by atoms with Gasteiger partial charge in [-0.25, -0.2) is 9.37 Å². The predicted molar refractivity (Wildman–Crippen MR) is 139 cm³/mol. The van der Waals surface area contributed by atoms with Crippen molar-refractivity contribution in [3.05, 3.63) is 81.1 Å². The molecule has 6 nitrogen and oxygen atoms in total. The van der Waals surface area contributed by atoms with Crippen LogP contribution in [0.5, 0.6) is 5.75 Å². The Kier molecular flexibility index (Phi) is 7.45. The molecule has 1 aliphatic rings. The van der Waals surface area contributed by atoms with E-state index in [0.717, 1.165) is 16.7 Å². The molecule has 0 saturated heterocycles. The molecule has 1 aliphatic heterocycles. The summed E-state index contributed by atoms with van der Waals surface area (Å²) in [7, 11) is 0. The maximum Gasteiger partial charge on any atom is 0.270 e. The van der Waals surface area contributed by atoms with Gasteiger partial charge < -0.3 is 15.0 Å². The number of hydrogen-bond donors (Lipinski definition) is 1. The zero-order chi connectivity index (χ0) is 26.0. The van der Waals surface area contributed by atoms with Crippen molar-refractivity contribution in [2.24, 2.45) is 5.41 Å². The molecule has 2 heterocycles. The van der Waals surface area contributed by atoms with Crippen LogP contribution in [0, 0.1) is 11.2 Å². The maximum absolute atomic E-state index is 14.2. The third-order valence-electron chi connectivity index (χ3n) is 5.98. The monoisotopic (exact) mass is 509 g/mol. The highest BCUT2D eigenvalue weighted by Gasteiger charge is 2.37. The van der Waals surface area contributed by atoms with Crippen molar-refractivity contribution in [1.29, 1.82) is 0 Å². The van der Waals surface area contributed by atoms with Gasteiger partial charge in [-0.15, -0.1) is 11.3 Å². The first-order chi connectivity index (χ1) is 17.0. The van der Waals surface area contributed by atoms with Crippen molar-refractivity contribution in [2.45, 2.75) is 59.7 Å². The third kappa shape index (κ3) is 5.75. The highest BCUT2D eigenvalue weighted by atomic mass is 32.1. The number of ether oxygens (including phenoxy) is 1. The van der Waals surface area contributed by atoms with Crippen molar-refractivity contribution in [2.75, 3.05) is 6.54 Å². The first-order valence-electron chi connectivity index (χ1n) is 12.1. The molecule has 0 spiro atoms. The average molecular weight is 510 g/mol. The summed E-state index contributed by atoms with van der Waals surface area (Å²) < 4.78 is 20.3. The number of rotatable bonds is 6. The van der Waals surface area contributed by atoms with E-state index < -0.39 is 11.5 Å². The van der Waals surface area contributed by atoms with Gasteiger partial charge in [0.05, 0.1) is 6.04 Å². The molecule has 2 amide bonds. The average Bonchev–Trinajstić information content (AvgIpc) is 3.29. The quantitative estimate of drug-likeness (QED) is 0.475. The fourth-order valence-electron chi connectivity index (χ4n) is 4.33. The van der Waals surface area contributed by atoms with E-state index in [0.29, 0.717) is 29.4 Å². The van der Waals surface area contributed by atoms with E-state index in [4.69, 9.17) is 4.74 Å². The van der Waals surface area contributed by atoms with Crippen LogP contribution in [0.25, 0.3) is 0 Å². The lowest BCUT2D eigenvalue weighted by Crippen LogP contribution is -2.45. The molecule has 0 saturated carbocycles. The topological polar surface area (TPSA) is 71.5 Å². The summed E-state index contributed by atoms with van der Waals surface area (Å²) in [6.07, 6.45) is 0.712. The number of thiazole rings is 1. The van der Waals surface area contributed by atoms with Gasteiger partial charge >= 0.3 is 0 Å². The van der Waals surface area contributed by atoms with Crippen LogP contribution in [0.1, 0.15) is 72.8 Å². The SMILES string of the molecule is CC(C)NC(=O)c1csc(COc2ccc3c(c2)[C@H](c2cccc(F)c2)N(C(=O)C(C)(C)C)CC3)n1.